The Kier molecular flexibility index (Phi) is 12.0. The van der Waals surface area contributed by atoms with E-state index in [0.29, 0.717) is 113 Å². The molecule has 4 aromatic carbocycles. The molecule has 0 aromatic heterocycles. The zero-order chi connectivity index (χ0) is 46.4. The van der Waals surface area contributed by atoms with Crippen LogP contribution in [0, 0.1) is 20.2 Å². The lowest BCUT2D eigenvalue weighted by Gasteiger charge is -2.46. The molecule has 0 aliphatic carbocycles. The maximum absolute atomic E-state index is 12.3. The van der Waals surface area contributed by atoms with Gasteiger partial charge in [-0.25, -0.2) is 0 Å². The average Bonchev–Trinajstić information content (AvgIpc) is 3.57. The third-order valence-corrected chi connectivity index (χ3v) is 14.2. The molecule has 4 aromatic rings. The fourth-order valence-corrected chi connectivity index (χ4v) is 10.4. The number of ether oxygens (including phenoxy) is 6. The van der Waals surface area contributed by atoms with E-state index in [1.54, 1.807) is 24.3 Å². The van der Waals surface area contributed by atoms with Crippen molar-refractivity contribution in [2.45, 2.75) is 50.0 Å². The number of likely N-dealkylation sites (N-methyl/N-ethyl adjacent to an activating group) is 2. The molecule has 5 aliphatic rings. The fourth-order valence-electron chi connectivity index (χ4n) is 10.4. The molecule has 0 N–H and O–H groups in total. The SMILES string of the molecule is CN1c2ccccc2C(C)(C)C12C=Cc1cc([N+](=O)[O-])cc(N3CCOCCOCCN(c4cc([N+](=O)[O-])cc5c4OC4(C=C5)N(C)c5ccccc5C4(C)C)CCOCCOCC3)c1O2. The van der Waals surface area contributed by atoms with Crippen molar-refractivity contribution in [2.75, 3.05) is 113 Å². The van der Waals surface area contributed by atoms with Gasteiger partial charge in [-0.05, 0) is 75.3 Å². The van der Waals surface area contributed by atoms with Crippen LogP contribution in [-0.4, -0.2) is 114 Å². The molecule has 0 bridgehead atoms. The van der Waals surface area contributed by atoms with Crippen LogP contribution in [0.5, 0.6) is 11.5 Å². The van der Waals surface area contributed by atoms with Gasteiger partial charge in [0, 0.05) is 87.0 Å². The lowest BCUT2D eigenvalue weighted by atomic mass is 9.76. The highest BCUT2D eigenvalue weighted by Crippen LogP contribution is 2.57. The molecule has 2 spiro atoms. The van der Waals surface area contributed by atoms with Gasteiger partial charge in [-0.3, -0.25) is 20.2 Å². The van der Waals surface area contributed by atoms with Crippen LogP contribution >= 0.6 is 0 Å². The molecule has 0 amide bonds. The number of fused-ring (bicyclic) bond motifs is 4. The third kappa shape index (κ3) is 7.49. The maximum atomic E-state index is 12.3. The van der Waals surface area contributed by atoms with Gasteiger partial charge in [-0.15, -0.1) is 0 Å². The summed E-state index contributed by atoms with van der Waals surface area (Å²) in [5, 5.41) is 24.6. The number of non-ortho nitro benzene ring substituents is 2. The summed E-state index contributed by atoms with van der Waals surface area (Å²) < 4.78 is 38.8. The van der Waals surface area contributed by atoms with E-state index in [1.807, 2.05) is 72.5 Å². The second-order valence-electron chi connectivity index (χ2n) is 18.4. The van der Waals surface area contributed by atoms with Crippen LogP contribution in [-0.2, 0) is 29.8 Å². The highest BCUT2D eigenvalue weighted by molar-refractivity contribution is 5.81. The molecule has 66 heavy (non-hydrogen) atoms. The Balaban J connectivity index is 0.918. The maximum Gasteiger partial charge on any atom is 0.272 e. The van der Waals surface area contributed by atoms with Crippen LogP contribution in [0.1, 0.15) is 49.9 Å². The van der Waals surface area contributed by atoms with Gasteiger partial charge in [-0.2, -0.15) is 0 Å². The minimum absolute atomic E-state index is 0.0409. The minimum atomic E-state index is -0.889. The van der Waals surface area contributed by atoms with E-state index in [4.69, 9.17) is 28.4 Å². The Bertz CT molecular complexity index is 2390. The first-order chi connectivity index (χ1) is 31.7. The lowest BCUT2D eigenvalue weighted by molar-refractivity contribution is -0.385. The number of nitro groups is 2. The predicted molar refractivity (Wildman–Crippen MR) is 254 cm³/mol. The van der Waals surface area contributed by atoms with Crippen LogP contribution in [0.25, 0.3) is 12.2 Å². The Hall–Kier alpha value is -6.20. The molecule has 9 rings (SSSR count). The summed E-state index contributed by atoms with van der Waals surface area (Å²) in [6.45, 7) is 12.6. The van der Waals surface area contributed by atoms with E-state index >= 15 is 0 Å². The average molecular weight is 903 g/mol. The predicted octanol–water partition coefficient (Wildman–Crippen LogP) is 7.96. The molecular weight excluding hydrogens is 845 g/mol. The van der Waals surface area contributed by atoms with Gasteiger partial charge in [-0.1, -0.05) is 36.4 Å². The number of benzene rings is 4. The zero-order valence-electron chi connectivity index (χ0n) is 38.5. The van der Waals surface area contributed by atoms with Crippen molar-refractivity contribution in [2.24, 2.45) is 0 Å². The molecule has 0 saturated carbocycles. The standard InChI is InChI=1S/C50H58N6O10/c1-47(2)39-11-7-9-13-41(39)51(5)49(47)17-15-35-31-37(55(57)58)33-43(45(35)65-49)53-19-23-61-27-29-63-25-21-54(22-26-64-30-28-62-24-20-53)44-34-38(56(59)60)32-36-16-18-50(66-46(36)44)48(3,4)40-12-8-10-14-42(40)52(50)6/h7-18,31-34H,19-30H2,1-6H3. The van der Waals surface area contributed by atoms with E-state index in [0.717, 1.165) is 22.5 Å². The van der Waals surface area contributed by atoms with Crippen molar-refractivity contribution < 1.29 is 38.3 Å². The summed E-state index contributed by atoms with van der Waals surface area (Å²) in [4.78, 5) is 32.2. The summed E-state index contributed by atoms with van der Waals surface area (Å²) in [7, 11) is 4.04. The van der Waals surface area contributed by atoms with E-state index in [-0.39, 0.29) is 21.2 Å². The molecule has 16 heteroatoms. The van der Waals surface area contributed by atoms with Gasteiger partial charge in [0.1, 0.15) is 0 Å². The monoisotopic (exact) mass is 902 g/mol. The van der Waals surface area contributed by atoms with Crippen molar-refractivity contribution in [3.8, 4) is 11.5 Å². The number of rotatable bonds is 4. The third-order valence-electron chi connectivity index (χ3n) is 14.2. The zero-order valence-corrected chi connectivity index (χ0v) is 38.5. The van der Waals surface area contributed by atoms with Crippen molar-refractivity contribution in [3.63, 3.8) is 0 Å². The second kappa shape index (κ2) is 17.5. The fraction of sp³-hybridized carbons (Fsp3) is 0.440. The molecule has 1 fully saturated rings. The number of hydrogen-bond donors (Lipinski definition) is 0. The molecule has 2 atom stereocenters. The van der Waals surface area contributed by atoms with Gasteiger partial charge >= 0.3 is 0 Å². The molecule has 5 aliphatic heterocycles. The van der Waals surface area contributed by atoms with E-state index in [9.17, 15) is 20.2 Å². The first-order valence-corrected chi connectivity index (χ1v) is 22.6. The minimum Gasteiger partial charge on any atom is -0.461 e. The molecule has 5 heterocycles. The lowest BCUT2D eigenvalue weighted by Crippen LogP contribution is -2.58. The van der Waals surface area contributed by atoms with E-state index in [1.165, 1.54) is 0 Å². The largest absolute Gasteiger partial charge is 0.461 e. The summed E-state index contributed by atoms with van der Waals surface area (Å²) in [6, 6.07) is 22.8. The van der Waals surface area contributed by atoms with Crippen LogP contribution < -0.4 is 29.1 Å². The van der Waals surface area contributed by atoms with Crippen LogP contribution in [0.2, 0.25) is 0 Å². The summed E-state index contributed by atoms with van der Waals surface area (Å²) in [5.74, 6) is 1.11. The van der Waals surface area contributed by atoms with Gasteiger partial charge in [0.2, 0.25) is 11.4 Å². The quantitative estimate of drug-likeness (QED) is 0.144. The number of anilines is 4. The topological polar surface area (TPSA) is 155 Å². The summed E-state index contributed by atoms with van der Waals surface area (Å²) in [6.07, 6.45) is 7.90. The first-order valence-electron chi connectivity index (χ1n) is 22.6. The van der Waals surface area contributed by atoms with Gasteiger partial charge < -0.3 is 48.0 Å². The van der Waals surface area contributed by atoms with E-state index < -0.39 is 22.3 Å². The van der Waals surface area contributed by atoms with Crippen LogP contribution in [0.15, 0.2) is 84.9 Å². The highest BCUT2D eigenvalue weighted by atomic mass is 16.6. The molecule has 1 saturated heterocycles. The summed E-state index contributed by atoms with van der Waals surface area (Å²) >= 11 is 0. The van der Waals surface area contributed by atoms with Crippen molar-refractivity contribution in [3.05, 3.63) is 127 Å². The number of nitro benzene ring substituents is 2. The Morgan fingerprint density at radius 3 is 1.18 bits per heavy atom. The van der Waals surface area contributed by atoms with Crippen molar-refractivity contribution in [1.29, 1.82) is 0 Å². The first kappa shape index (κ1) is 45.0. The normalized spacial score (nSPS) is 23.8. The van der Waals surface area contributed by atoms with Crippen molar-refractivity contribution >= 4 is 46.3 Å². The van der Waals surface area contributed by atoms with Crippen LogP contribution in [0.4, 0.5) is 34.1 Å². The molecule has 0 radical (unpaired) electrons. The van der Waals surface area contributed by atoms with Crippen LogP contribution in [0.3, 0.4) is 0 Å². The summed E-state index contributed by atoms with van der Waals surface area (Å²) in [5.41, 5.74) is 4.03. The Morgan fingerprint density at radius 2 is 0.848 bits per heavy atom. The molecule has 16 nitrogen and oxygen atoms in total. The van der Waals surface area contributed by atoms with Gasteiger partial charge in [0.25, 0.3) is 11.4 Å². The van der Waals surface area contributed by atoms with Gasteiger partial charge in [0.15, 0.2) is 11.5 Å². The Labute approximate surface area is 385 Å². The number of nitrogens with zero attached hydrogens (tertiary/aromatic N) is 6. The smallest absolute Gasteiger partial charge is 0.272 e. The highest BCUT2D eigenvalue weighted by Gasteiger charge is 2.59. The molecule has 2 unspecified atom stereocenters. The number of para-hydroxylation sites is 2. The molecule has 348 valence electrons. The van der Waals surface area contributed by atoms with Crippen molar-refractivity contribution in [1.82, 2.24) is 0 Å². The van der Waals surface area contributed by atoms with Gasteiger partial charge in [0.05, 0.1) is 84.9 Å². The second-order valence-corrected chi connectivity index (χ2v) is 18.4. The molecular formula is C50H58N6O10. The van der Waals surface area contributed by atoms with E-state index in [2.05, 4.69) is 61.8 Å². The number of hydrogen-bond acceptors (Lipinski definition) is 14. The Morgan fingerprint density at radius 1 is 0.500 bits per heavy atom.